The Morgan fingerprint density at radius 2 is 2.11 bits per heavy atom. The Morgan fingerprint density at radius 3 is 2.93 bits per heavy atom. The van der Waals surface area contributed by atoms with Gasteiger partial charge in [0.1, 0.15) is 6.04 Å². The average Bonchev–Trinajstić information content (AvgIpc) is 3.34. The van der Waals surface area contributed by atoms with E-state index in [4.69, 9.17) is 0 Å². The monoisotopic (exact) mass is 378 g/mol. The van der Waals surface area contributed by atoms with Crippen LogP contribution >= 0.6 is 11.8 Å². The van der Waals surface area contributed by atoms with Crippen molar-refractivity contribution >= 4 is 40.0 Å². The molecule has 3 heterocycles. The summed E-state index contributed by atoms with van der Waals surface area (Å²) in [5, 5.41) is 5.87. The number of hydrogen-bond donors (Lipinski definition) is 1. The first-order valence-electron chi connectivity index (χ1n) is 8.95. The highest BCUT2D eigenvalue weighted by atomic mass is 32.2. The minimum atomic E-state index is -0.598. The predicted molar refractivity (Wildman–Crippen MR) is 105 cm³/mol. The molecule has 1 N–H and O–H groups in total. The smallest absolute Gasteiger partial charge is 0.259 e. The van der Waals surface area contributed by atoms with E-state index in [2.05, 4.69) is 14.9 Å². The van der Waals surface area contributed by atoms with Gasteiger partial charge in [-0.15, -0.1) is 0 Å². The molecule has 6 nitrogen and oxygen atoms in total. The minimum Gasteiger partial charge on any atom is -0.349 e. The zero-order valence-electron chi connectivity index (χ0n) is 14.8. The third kappa shape index (κ3) is 2.53. The van der Waals surface area contributed by atoms with Crippen LogP contribution < -0.4 is 10.2 Å². The van der Waals surface area contributed by atoms with Crippen LogP contribution in [0, 0.1) is 0 Å². The van der Waals surface area contributed by atoms with Gasteiger partial charge in [0.05, 0.1) is 17.9 Å². The molecule has 27 heavy (non-hydrogen) atoms. The number of rotatable bonds is 4. The fourth-order valence-corrected chi connectivity index (χ4v) is 4.78. The predicted octanol–water partition coefficient (Wildman–Crippen LogP) is 2.81. The summed E-state index contributed by atoms with van der Waals surface area (Å²) in [6.07, 6.45) is 1.98. The van der Waals surface area contributed by atoms with Crippen LogP contribution in [0.1, 0.15) is 23.0 Å². The molecule has 0 fully saturated rings. The van der Waals surface area contributed by atoms with Crippen LogP contribution in [-0.2, 0) is 17.9 Å². The fraction of sp³-hybridized carbons (Fsp3) is 0.250. The van der Waals surface area contributed by atoms with Crippen molar-refractivity contribution in [3.63, 3.8) is 0 Å². The third-order valence-corrected chi connectivity index (χ3v) is 6.13. The van der Waals surface area contributed by atoms with Gasteiger partial charge in [-0.2, -0.15) is 0 Å². The number of thioether (sulfide) groups is 1. The number of carbonyl (C=O) groups excluding carboxylic acids is 2. The molecule has 2 aliphatic heterocycles. The SMILES string of the molecule is CC(C(=O)NCc1cn2c(n1)SCC2)N1C(=O)c2cccc3cccc1c23. The van der Waals surface area contributed by atoms with Crippen molar-refractivity contribution in [3.8, 4) is 0 Å². The Kier molecular flexibility index (Phi) is 3.72. The van der Waals surface area contributed by atoms with Gasteiger partial charge in [-0.1, -0.05) is 36.0 Å². The van der Waals surface area contributed by atoms with Gasteiger partial charge in [0.15, 0.2) is 5.16 Å². The van der Waals surface area contributed by atoms with Crippen molar-refractivity contribution in [2.45, 2.75) is 31.2 Å². The molecule has 1 atom stereocenters. The molecule has 3 aromatic rings. The summed E-state index contributed by atoms with van der Waals surface area (Å²) in [6, 6.07) is 10.9. The second-order valence-corrected chi connectivity index (χ2v) is 7.87. The second kappa shape index (κ2) is 6.13. The number of nitrogens with one attached hydrogen (secondary N) is 1. The lowest BCUT2D eigenvalue weighted by Crippen LogP contribution is -2.46. The number of aryl methyl sites for hydroxylation is 1. The first-order chi connectivity index (χ1) is 13.1. The summed E-state index contributed by atoms with van der Waals surface area (Å²) in [6.45, 7) is 3.09. The van der Waals surface area contributed by atoms with E-state index in [0.29, 0.717) is 12.1 Å². The number of nitrogens with zero attached hydrogens (tertiary/aromatic N) is 3. The van der Waals surface area contributed by atoms with Gasteiger partial charge < -0.3 is 9.88 Å². The van der Waals surface area contributed by atoms with E-state index in [1.54, 1.807) is 23.6 Å². The molecule has 0 spiro atoms. The lowest BCUT2D eigenvalue weighted by atomic mass is 10.1. The average molecular weight is 378 g/mol. The molecule has 1 unspecified atom stereocenters. The van der Waals surface area contributed by atoms with Crippen LogP contribution in [0.4, 0.5) is 5.69 Å². The Balaban J connectivity index is 1.36. The summed E-state index contributed by atoms with van der Waals surface area (Å²) in [7, 11) is 0. The van der Waals surface area contributed by atoms with E-state index in [1.807, 2.05) is 42.6 Å². The van der Waals surface area contributed by atoms with Gasteiger partial charge in [0, 0.05) is 29.4 Å². The molecule has 136 valence electrons. The Bertz CT molecular complexity index is 1060. The molecule has 2 aliphatic rings. The molecular weight excluding hydrogens is 360 g/mol. The minimum absolute atomic E-state index is 0.123. The molecule has 0 saturated heterocycles. The zero-order valence-corrected chi connectivity index (χ0v) is 15.6. The van der Waals surface area contributed by atoms with Gasteiger partial charge in [-0.05, 0) is 24.4 Å². The lowest BCUT2D eigenvalue weighted by molar-refractivity contribution is -0.122. The highest BCUT2D eigenvalue weighted by Crippen LogP contribution is 2.38. The number of anilines is 1. The van der Waals surface area contributed by atoms with E-state index in [9.17, 15) is 9.59 Å². The van der Waals surface area contributed by atoms with Crippen molar-refractivity contribution in [2.75, 3.05) is 10.7 Å². The zero-order chi connectivity index (χ0) is 18.5. The maximum Gasteiger partial charge on any atom is 0.259 e. The van der Waals surface area contributed by atoms with E-state index in [-0.39, 0.29) is 11.8 Å². The van der Waals surface area contributed by atoms with Crippen LogP contribution in [0.15, 0.2) is 47.8 Å². The molecule has 2 amide bonds. The van der Waals surface area contributed by atoms with E-state index in [1.165, 1.54) is 0 Å². The maximum atomic E-state index is 12.9. The highest BCUT2D eigenvalue weighted by Gasteiger charge is 2.35. The highest BCUT2D eigenvalue weighted by molar-refractivity contribution is 7.99. The summed E-state index contributed by atoms with van der Waals surface area (Å²) >= 11 is 1.73. The van der Waals surface area contributed by atoms with Crippen LogP contribution in [0.3, 0.4) is 0 Å². The van der Waals surface area contributed by atoms with Crippen molar-refractivity contribution in [2.24, 2.45) is 0 Å². The first kappa shape index (κ1) is 16.4. The topological polar surface area (TPSA) is 67.2 Å². The Morgan fingerprint density at radius 1 is 1.30 bits per heavy atom. The van der Waals surface area contributed by atoms with Crippen LogP contribution in [-0.4, -0.2) is 33.2 Å². The first-order valence-corrected chi connectivity index (χ1v) is 9.94. The molecule has 1 aromatic heterocycles. The van der Waals surface area contributed by atoms with Crippen LogP contribution in [0.25, 0.3) is 10.8 Å². The molecule has 2 aromatic carbocycles. The largest absolute Gasteiger partial charge is 0.349 e. The van der Waals surface area contributed by atoms with Crippen molar-refractivity contribution in [1.29, 1.82) is 0 Å². The molecule has 5 rings (SSSR count). The van der Waals surface area contributed by atoms with Crippen LogP contribution in [0.2, 0.25) is 0 Å². The Labute approximate surface area is 160 Å². The number of hydrogen-bond acceptors (Lipinski definition) is 4. The third-order valence-electron chi connectivity index (χ3n) is 5.16. The van der Waals surface area contributed by atoms with Crippen molar-refractivity contribution in [3.05, 3.63) is 53.9 Å². The maximum absolute atomic E-state index is 12.9. The summed E-state index contributed by atoms with van der Waals surface area (Å²) in [5.41, 5.74) is 2.30. The number of fused-ring (bicyclic) bond motifs is 1. The normalized spacial score (nSPS) is 16.0. The number of imidazole rings is 1. The van der Waals surface area contributed by atoms with E-state index >= 15 is 0 Å². The number of carbonyl (C=O) groups is 2. The van der Waals surface area contributed by atoms with Crippen LogP contribution in [0.5, 0.6) is 0 Å². The summed E-state index contributed by atoms with van der Waals surface area (Å²) in [5.74, 6) is 0.741. The van der Waals surface area contributed by atoms with E-state index in [0.717, 1.165) is 39.6 Å². The summed E-state index contributed by atoms with van der Waals surface area (Å²) < 4.78 is 2.11. The van der Waals surface area contributed by atoms with Gasteiger partial charge in [0.2, 0.25) is 5.91 Å². The van der Waals surface area contributed by atoms with Gasteiger partial charge in [-0.3, -0.25) is 14.5 Å². The lowest BCUT2D eigenvalue weighted by Gasteiger charge is -2.24. The number of amides is 2. The fourth-order valence-electron chi connectivity index (χ4n) is 3.81. The molecule has 0 bridgehead atoms. The summed E-state index contributed by atoms with van der Waals surface area (Å²) in [4.78, 5) is 31.8. The molecule has 0 radical (unpaired) electrons. The van der Waals surface area contributed by atoms with E-state index < -0.39 is 6.04 Å². The molecular formula is C20H18N4O2S. The van der Waals surface area contributed by atoms with Gasteiger partial charge >= 0.3 is 0 Å². The van der Waals surface area contributed by atoms with Crippen molar-refractivity contribution in [1.82, 2.24) is 14.9 Å². The number of aromatic nitrogens is 2. The van der Waals surface area contributed by atoms with Gasteiger partial charge in [-0.25, -0.2) is 4.98 Å². The number of benzene rings is 2. The quantitative estimate of drug-likeness (QED) is 0.758. The standard InChI is InChI=1S/C20H18N4O2S/c1-12(18(25)21-10-14-11-23-8-9-27-20(23)22-14)24-16-7-3-5-13-4-2-6-15(17(13)16)19(24)26/h2-7,11-12H,8-10H2,1H3,(H,21,25). The molecule has 0 saturated carbocycles. The van der Waals surface area contributed by atoms with Gasteiger partial charge in [0.25, 0.3) is 5.91 Å². The second-order valence-electron chi connectivity index (χ2n) is 6.81. The Hall–Kier alpha value is -2.80. The molecule has 7 heteroatoms. The molecule has 0 aliphatic carbocycles. The van der Waals surface area contributed by atoms with Crippen molar-refractivity contribution < 1.29 is 9.59 Å².